The number of amides is 2. The molecular formula is C33H34F3N7O2. The number of alkyl halides is 3. The van der Waals surface area contributed by atoms with Crippen LogP contribution in [-0.4, -0.2) is 71.9 Å². The summed E-state index contributed by atoms with van der Waals surface area (Å²) in [5.74, 6) is 3.17. The minimum Gasteiger partial charge on any atom is -0.339 e. The molecule has 4 heterocycles. The van der Waals surface area contributed by atoms with Crippen LogP contribution in [0.5, 0.6) is 0 Å². The Morgan fingerprint density at radius 2 is 1.84 bits per heavy atom. The molecule has 6 rings (SSSR count). The van der Waals surface area contributed by atoms with Crippen LogP contribution in [0.1, 0.15) is 59.1 Å². The number of terminal acetylenes is 1. The summed E-state index contributed by atoms with van der Waals surface area (Å²) in [4.78, 5) is 38.9. The Morgan fingerprint density at radius 1 is 1.09 bits per heavy atom. The Labute approximate surface area is 259 Å². The number of rotatable bonds is 6. The summed E-state index contributed by atoms with van der Waals surface area (Å²) in [5, 5.41) is 3.66. The van der Waals surface area contributed by atoms with Crippen LogP contribution in [0, 0.1) is 31.1 Å². The highest BCUT2D eigenvalue weighted by molar-refractivity contribution is 5.96. The van der Waals surface area contributed by atoms with Crippen molar-refractivity contribution in [2.24, 2.45) is 11.8 Å². The van der Waals surface area contributed by atoms with Crippen LogP contribution in [0.3, 0.4) is 0 Å². The summed E-state index contributed by atoms with van der Waals surface area (Å²) < 4.78 is 44.1. The number of halogens is 3. The highest BCUT2D eigenvalue weighted by Gasteiger charge is 2.38. The largest absolute Gasteiger partial charge is 0.435 e. The first-order valence-corrected chi connectivity index (χ1v) is 15.1. The zero-order valence-corrected chi connectivity index (χ0v) is 25.2. The molecule has 0 bridgehead atoms. The van der Waals surface area contributed by atoms with Crippen LogP contribution in [0.2, 0.25) is 0 Å². The van der Waals surface area contributed by atoms with Crippen molar-refractivity contribution in [2.45, 2.75) is 52.3 Å². The van der Waals surface area contributed by atoms with E-state index >= 15 is 0 Å². The molecule has 4 aromatic rings. The first-order valence-electron chi connectivity index (χ1n) is 15.1. The molecule has 45 heavy (non-hydrogen) atoms. The van der Waals surface area contributed by atoms with Gasteiger partial charge in [0.1, 0.15) is 6.54 Å². The first-order chi connectivity index (χ1) is 21.5. The molecule has 0 spiro atoms. The lowest BCUT2D eigenvalue weighted by Gasteiger charge is -2.36. The normalized spacial score (nSPS) is 18.8. The van der Waals surface area contributed by atoms with Crippen molar-refractivity contribution < 1.29 is 22.8 Å². The number of aryl methyl sites for hydroxylation is 1. The second kappa shape index (κ2) is 12.0. The standard InChI is InChI=1S/C33H34F3N7O2/c1-4-10-42-20-26(29(39-42)33(34,35)36)28-19-38-30-27(37-9-11-43(28)30)18-23-6-8-25(22(3)17-23)32(45)41-14-12-40(13-15-41)31(44)24-7-5-21(2)16-24/h1,6,8-9,11,17,19-21,24H,5,7,10,12-16,18H2,2-3H3/t21-,24-/m0/s1. The fourth-order valence-electron chi connectivity index (χ4n) is 6.55. The van der Waals surface area contributed by atoms with E-state index in [-0.39, 0.29) is 35.5 Å². The lowest BCUT2D eigenvalue weighted by molar-refractivity contribution is -0.141. The Morgan fingerprint density at radius 3 is 2.51 bits per heavy atom. The van der Waals surface area contributed by atoms with E-state index in [1.807, 2.05) is 24.0 Å². The number of benzene rings is 1. The molecule has 1 aliphatic carbocycles. The third-order valence-electron chi connectivity index (χ3n) is 8.88. The average molecular weight is 618 g/mol. The molecule has 2 aliphatic rings. The molecule has 2 amide bonds. The zero-order chi connectivity index (χ0) is 31.9. The molecule has 2 atom stereocenters. The monoisotopic (exact) mass is 617 g/mol. The van der Waals surface area contributed by atoms with Gasteiger partial charge >= 0.3 is 6.18 Å². The number of hydrogen-bond acceptors (Lipinski definition) is 5. The topological polar surface area (TPSA) is 88.6 Å². The quantitative estimate of drug-likeness (QED) is 0.289. The predicted molar refractivity (Wildman–Crippen MR) is 161 cm³/mol. The lowest BCUT2D eigenvalue weighted by Crippen LogP contribution is -2.51. The maximum Gasteiger partial charge on any atom is 0.435 e. The van der Waals surface area contributed by atoms with E-state index in [9.17, 15) is 22.8 Å². The highest BCUT2D eigenvalue weighted by atomic mass is 19.4. The van der Waals surface area contributed by atoms with E-state index in [1.165, 1.54) is 18.6 Å². The smallest absolute Gasteiger partial charge is 0.339 e. The van der Waals surface area contributed by atoms with Gasteiger partial charge in [-0.1, -0.05) is 25.0 Å². The first kappa shape index (κ1) is 30.4. The lowest BCUT2D eigenvalue weighted by atomic mass is 10.0. The summed E-state index contributed by atoms with van der Waals surface area (Å²) in [6, 6.07) is 5.59. The van der Waals surface area contributed by atoms with Gasteiger partial charge in [0, 0.05) is 62.7 Å². The van der Waals surface area contributed by atoms with E-state index < -0.39 is 11.9 Å². The van der Waals surface area contributed by atoms with E-state index in [4.69, 9.17) is 6.42 Å². The molecule has 234 valence electrons. The molecule has 9 nitrogen and oxygen atoms in total. The maximum absolute atomic E-state index is 13.8. The molecule has 1 aliphatic heterocycles. The molecule has 0 radical (unpaired) electrons. The van der Waals surface area contributed by atoms with Gasteiger partial charge in [0.05, 0.1) is 23.1 Å². The number of imidazole rings is 1. The molecule has 3 aromatic heterocycles. The van der Waals surface area contributed by atoms with Crippen molar-refractivity contribution in [1.82, 2.24) is 33.9 Å². The van der Waals surface area contributed by atoms with Gasteiger partial charge in [0.25, 0.3) is 5.91 Å². The van der Waals surface area contributed by atoms with Gasteiger partial charge in [-0.15, -0.1) is 6.42 Å². The third-order valence-corrected chi connectivity index (χ3v) is 8.88. The molecule has 2 fully saturated rings. The number of nitrogens with zero attached hydrogens (tertiary/aromatic N) is 7. The van der Waals surface area contributed by atoms with E-state index in [2.05, 4.69) is 27.9 Å². The minimum absolute atomic E-state index is 0.0652. The van der Waals surface area contributed by atoms with Crippen LogP contribution in [0.15, 0.2) is 43.0 Å². The van der Waals surface area contributed by atoms with Gasteiger partial charge in [-0.2, -0.15) is 18.3 Å². The number of fused-ring (bicyclic) bond motifs is 1. The van der Waals surface area contributed by atoms with Gasteiger partial charge in [-0.25, -0.2) is 4.98 Å². The highest BCUT2D eigenvalue weighted by Crippen LogP contribution is 2.37. The zero-order valence-electron chi connectivity index (χ0n) is 25.2. The maximum atomic E-state index is 13.8. The van der Waals surface area contributed by atoms with Crippen molar-refractivity contribution >= 4 is 17.5 Å². The molecule has 0 N–H and O–H groups in total. The molecular weight excluding hydrogens is 583 g/mol. The minimum atomic E-state index is -4.68. The fraction of sp³-hybridized carbons (Fsp3) is 0.424. The molecule has 1 saturated carbocycles. The number of aromatic nitrogens is 5. The Bertz CT molecular complexity index is 1790. The Hall–Kier alpha value is -4.66. The van der Waals surface area contributed by atoms with Gasteiger partial charge < -0.3 is 9.80 Å². The SMILES string of the molecule is C#CCn1cc(-c2cnc3c(Cc4ccc(C(=O)N5CCN(C(=O)[C@H]6CC[C@H](C)C6)CC5)c(C)c4)nccn23)c(C(F)(F)F)n1. The average Bonchev–Trinajstić information content (AvgIpc) is 3.75. The summed E-state index contributed by atoms with van der Waals surface area (Å²) in [6.45, 7) is 6.07. The number of carbonyl (C=O) groups excluding carboxylic acids is 2. The van der Waals surface area contributed by atoms with E-state index in [1.54, 1.807) is 21.6 Å². The van der Waals surface area contributed by atoms with Crippen LogP contribution in [0.4, 0.5) is 13.2 Å². The van der Waals surface area contributed by atoms with Gasteiger partial charge in [0.2, 0.25) is 5.91 Å². The molecule has 0 unspecified atom stereocenters. The number of hydrogen-bond donors (Lipinski definition) is 0. The number of piperazine rings is 1. The van der Waals surface area contributed by atoms with E-state index in [0.29, 0.717) is 55.4 Å². The van der Waals surface area contributed by atoms with Crippen molar-refractivity contribution in [2.75, 3.05) is 26.2 Å². The van der Waals surface area contributed by atoms with Crippen molar-refractivity contribution in [3.05, 3.63) is 71.1 Å². The Kier molecular flexibility index (Phi) is 8.12. The van der Waals surface area contributed by atoms with Crippen molar-refractivity contribution in [3.63, 3.8) is 0 Å². The number of carbonyl (C=O) groups is 2. The van der Waals surface area contributed by atoms with Crippen LogP contribution in [-0.2, 0) is 23.9 Å². The van der Waals surface area contributed by atoms with Gasteiger partial charge in [0.15, 0.2) is 11.3 Å². The predicted octanol–water partition coefficient (Wildman–Crippen LogP) is 4.86. The van der Waals surface area contributed by atoms with Crippen molar-refractivity contribution in [3.8, 4) is 23.6 Å². The molecule has 1 saturated heterocycles. The summed E-state index contributed by atoms with van der Waals surface area (Å²) in [5.41, 5.74) is 2.34. The third kappa shape index (κ3) is 6.03. The summed E-state index contributed by atoms with van der Waals surface area (Å²) >= 11 is 0. The summed E-state index contributed by atoms with van der Waals surface area (Å²) in [7, 11) is 0. The fourth-order valence-corrected chi connectivity index (χ4v) is 6.55. The molecule has 12 heteroatoms. The van der Waals surface area contributed by atoms with Crippen LogP contribution < -0.4 is 0 Å². The van der Waals surface area contributed by atoms with E-state index in [0.717, 1.165) is 35.1 Å². The summed E-state index contributed by atoms with van der Waals surface area (Å²) in [6.07, 6.45) is 9.72. The van der Waals surface area contributed by atoms with Crippen LogP contribution >= 0.6 is 0 Å². The second-order valence-corrected chi connectivity index (χ2v) is 12.1. The van der Waals surface area contributed by atoms with Crippen LogP contribution in [0.25, 0.3) is 16.9 Å². The molecule has 1 aromatic carbocycles. The second-order valence-electron chi connectivity index (χ2n) is 12.1. The van der Waals surface area contributed by atoms with Gasteiger partial charge in [-0.05, 0) is 49.3 Å². The Balaban J connectivity index is 1.17. The van der Waals surface area contributed by atoms with Crippen molar-refractivity contribution in [1.29, 1.82) is 0 Å². The van der Waals surface area contributed by atoms with Gasteiger partial charge in [-0.3, -0.25) is 23.7 Å².